The Balaban J connectivity index is 0.00000256. The molecule has 0 atom stereocenters. The third kappa shape index (κ3) is 3.73. The fraction of sp³-hybridized carbons (Fsp3) is 0.250. The van der Waals surface area contributed by atoms with E-state index in [1.807, 2.05) is 51.4 Å². The van der Waals surface area contributed by atoms with Gasteiger partial charge in [0.15, 0.2) is 5.65 Å². The first-order chi connectivity index (χ1) is 13.9. The van der Waals surface area contributed by atoms with Crippen LogP contribution in [0.4, 0.5) is 5.69 Å². The van der Waals surface area contributed by atoms with Crippen molar-refractivity contribution < 1.29 is 0 Å². The number of nitrogens with one attached hydrogen (secondary N) is 1. The minimum Gasteiger partial charge on any atom is -0.378 e. The molecule has 0 radical (unpaired) electrons. The van der Waals surface area contributed by atoms with Crippen molar-refractivity contribution in [1.29, 1.82) is 0 Å². The Kier molecular flexibility index (Phi) is 6.04. The molecule has 3 heterocycles. The molecule has 5 nitrogen and oxygen atoms in total. The number of aryl methyl sites for hydroxylation is 5. The zero-order valence-electron chi connectivity index (χ0n) is 18.0. The van der Waals surface area contributed by atoms with Crippen molar-refractivity contribution in [2.45, 2.75) is 41.2 Å². The molecule has 156 valence electrons. The number of aromatic nitrogens is 3. The van der Waals surface area contributed by atoms with Crippen LogP contribution in [-0.2, 0) is 6.54 Å². The van der Waals surface area contributed by atoms with Crippen LogP contribution >= 0.6 is 12.4 Å². The normalized spacial score (nSPS) is 10.8. The van der Waals surface area contributed by atoms with Crippen LogP contribution < -0.4 is 10.9 Å². The average molecular weight is 423 g/mol. The summed E-state index contributed by atoms with van der Waals surface area (Å²) in [6.07, 6.45) is 3.79. The molecule has 6 heteroatoms. The first-order valence-corrected chi connectivity index (χ1v) is 9.83. The summed E-state index contributed by atoms with van der Waals surface area (Å²) in [6, 6.07) is 12.1. The number of hydrogen-bond donors (Lipinski definition) is 1. The van der Waals surface area contributed by atoms with Gasteiger partial charge in [0.05, 0.1) is 17.1 Å². The summed E-state index contributed by atoms with van der Waals surface area (Å²) in [5, 5.41) is 3.57. The lowest BCUT2D eigenvalue weighted by Gasteiger charge is -2.15. The maximum atomic E-state index is 12.7. The van der Waals surface area contributed by atoms with E-state index in [0.717, 1.165) is 34.0 Å². The van der Waals surface area contributed by atoms with Gasteiger partial charge in [0.2, 0.25) is 0 Å². The highest BCUT2D eigenvalue weighted by atomic mass is 35.5. The number of halogens is 1. The molecule has 3 aromatic heterocycles. The van der Waals surface area contributed by atoms with Crippen molar-refractivity contribution >= 4 is 23.7 Å². The SMILES string of the molecule is Cc1cccc(C)c1CNc1cc(-n2cccc(C)c2=O)cn2c(C)c(C)nc12.Cl. The Bertz CT molecular complexity index is 1270. The molecule has 0 fully saturated rings. The molecule has 0 saturated carbocycles. The minimum absolute atomic E-state index is 0. The van der Waals surface area contributed by atoms with Crippen LogP contribution in [0, 0.1) is 34.6 Å². The predicted octanol–water partition coefficient (Wildman–Crippen LogP) is 5.06. The lowest BCUT2D eigenvalue weighted by atomic mass is 10.0. The lowest BCUT2D eigenvalue weighted by Crippen LogP contribution is -2.20. The predicted molar refractivity (Wildman–Crippen MR) is 125 cm³/mol. The molecule has 0 unspecified atom stereocenters. The van der Waals surface area contributed by atoms with Crippen LogP contribution in [0.5, 0.6) is 0 Å². The molecule has 0 aliphatic heterocycles. The maximum Gasteiger partial charge on any atom is 0.258 e. The van der Waals surface area contributed by atoms with E-state index in [0.29, 0.717) is 6.54 Å². The summed E-state index contributed by atoms with van der Waals surface area (Å²) in [4.78, 5) is 17.5. The molecule has 4 aromatic rings. The largest absolute Gasteiger partial charge is 0.378 e. The van der Waals surface area contributed by atoms with Crippen molar-refractivity contribution in [3.8, 4) is 5.69 Å². The van der Waals surface area contributed by atoms with Crippen molar-refractivity contribution in [3.05, 3.63) is 92.8 Å². The van der Waals surface area contributed by atoms with Gasteiger partial charge in [-0.15, -0.1) is 12.4 Å². The fourth-order valence-electron chi connectivity index (χ4n) is 3.74. The number of anilines is 1. The number of imidazole rings is 1. The molecular formula is C24H27ClN4O. The van der Waals surface area contributed by atoms with Gasteiger partial charge in [0.1, 0.15) is 0 Å². The molecular weight excluding hydrogens is 396 g/mol. The van der Waals surface area contributed by atoms with Crippen molar-refractivity contribution in [3.63, 3.8) is 0 Å². The van der Waals surface area contributed by atoms with Crippen molar-refractivity contribution in [1.82, 2.24) is 14.0 Å². The monoisotopic (exact) mass is 422 g/mol. The zero-order valence-corrected chi connectivity index (χ0v) is 18.8. The van der Waals surface area contributed by atoms with E-state index in [1.165, 1.54) is 16.7 Å². The summed E-state index contributed by atoms with van der Waals surface area (Å²) in [7, 11) is 0. The molecule has 4 rings (SSSR count). The number of rotatable bonds is 4. The van der Waals surface area contributed by atoms with Crippen molar-refractivity contribution in [2.75, 3.05) is 5.32 Å². The first-order valence-electron chi connectivity index (χ1n) is 9.83. The van der Waals surface area contributed by atoms with E-state index in [9.17, 15) is 4.79 Å². The Morgan fingerprint density at radius 3 is 2.33 bits per heavy atom. The van der Waals surface area contributed by atoms with Crippen LogP contribution in [-0.4, -0.2) is 14.0 Å². The Morgan fingerprint density at radius 1 is 0.967 bits per heavy atom. The Labute approximate surface area is 182 Å². The second-order valence-corrected chi connectivity index (χ2v) is 7.68. The topological polar surface area (TPSA) is 51.3 Å². The summed E-state index contributed by atoms with van der Waals surface area (Å²) in [5.41, 5.74) is 9.15. The molecule has 1 aromatic carbocycles. The Hall–Kier alpha value is -3.05. The molecule has 0 spiro atoms. The van der Waals surface area contributed by atoms with Gasteiger partial charge in [-0.2, -0.15) is 0 Å². The molecule has 0 saturated heterocycles. The van der Waals surface area contributed by atoms with E-state index in [4.69, 9.17) is 4.98 Å². The number of pyridine rings is 2. The second kappa shape index (κ2) is 8.36. The highest BCUT2D eigenvalue weighted by molar-refractivity contribution is 5.85. The number of fused-ring (bicyclic) bond motifs is 1. The highest BCUT2D eigenvalue weighted by Crippen LogP contribution is 2.25. The van der Waals surface area contributed by atoms with Gasteiger partial charge in [0.25, 0.3) is 5.56 Å². The molecule has 0 amide bonds. The number of hydrogen-bond acceptors (Lipinski definition) is 3. The van der Waals surface area contributed by atoms with Gasteiger partial charge in [-0.05, 0) is 63.4 Å². The van der Waals surface area contributed by atoms with E-state index in [2.05, 4.69) is 41.8 Å². The quantitative estimate of drug-likeness (QED) is 0.500. The average Bonchev–Trinajstić information content (AvgIpc) is 2.98. The summed E-state index contributed by atoms with van der Waals surface area (Å²) >= 11 is 0. The van der Waals surface area contributed by atoms with Gasteiger partial charge >= 0.3 is 0 Å². The second-order valence-electron chi connectivity index (χ2n) is 7.68. The van der Waals surface area contributed by atoms with Gasteiger partial charge in [0, 0.05) is 30.2 Å². The molecule has 1 N–H and O–H groups in total. The summed E-state index contributed by atoms with van der Waals surface area (Å²) < 4.78 is 3.75. The van der Waals surface area contributed by atoms with Gasteiger partial charge < -0.3 is 9.72 Å². The van der Waals surface area contributed by atoms with Gasteiger partial charge in [-0.3, -0.25) is 9.36 Å². The Morgan fingerprint density at radius 2 is 1.63 bits per heavy atom. The van der Waals surface area contributed by atoms with E-state index in [-0.39, 0.29) is 18.0 Å². The van der Waals surface area contributed by atoms with E-state index >= 15 is 0 Å². The number of nitrogens with zero attached hydrogens (tertiary/aromatic N) is 3. The van der Waals surface area contributed by atoms with Crippen LogP contribution in [0.1, 0.15) is 33.6 Å². The van der Waals surface area contributed by atoms with E-state index < -0.39 is 0 Å². The van der Waals surface area contributed by atoms with Crippen LogP contribution in [0.2, 0.25) is 0 Å². The van der Waals surface area contributed by atoms with Crippen molar-refractivity contribution in [2.24, 2.45) is 0 Å². The molecule has 0 bridgehead atoms. The lowest BCUT2D eigenvalue weighted by molar-refractivity contribution is 0.945. The van der Waals surface area contributed by atoms with Gasteiger partial charge in [-0.25, -0.2) is 4.98 Å². The zero-order chi connectivity index (χ0) is 20.7. The third-order valence-corrected chi connectivity index (χ3v) is 5.70. The summed E-state index contributed by atoms with van der Waals surface area (Å²) in [6.45, 7) is 10.9. The van der Waals surface area contributed by atoms with Crippen LogP contribution in [0.25, 0.3) is 11.3 Å². The first kappa shape index (κ1) is 21.7. The standard InChI is InChI=1S/C24H26N4O.ClH/c1-15-8-6-9-16(2)21(15)13-25-22-12-20(27-11-7-10-17(3)24(27)29)14-28-19(5)18(4)26-23(22)28;/h6-12,14,25H,13H2,1-5H3;1H. The molecule has 0 aliphatic carbocycles. The van der Waals surface area contributed by atoms with Crippen LogP contribution in [0.15, 0.2) is 53.6 Å². The summed E-state index contributed by atoms with van der Waals surface area (Å²) in [5.74, 6) is 0. The minimum atomic E-state index is -0.0120. The number of benzene rings is 1. The molecule has 30 heavy (non-hydrogen) atoms. The van der Waals surface area contributed by atoms with E-state index in [1.54, 1.807) is 4.57 Å². The van der Waals surface area contributed by atoms with Gasteiger partial charge in [-0.1, -0.05) is 24.3 Å². The maximum absolute atomic E-state index is 12.7. The molecule has 0 aliphatic rings. The fourth-order valence-corrected chi connectivity index (χ4v) is 3.74. The smallest absolute Gasteiger partial charge is 0.258 e. The highest BCUT2D eigenvalue weighted by Gasteiger charge is 2.13. The third-order valence-electron chi connectivity index (χ3n) is 5.70. The van der Waals surface area contributed by atoms with Crippen LogP contribution in [0.3, 0.4) is 0 Å².